The van der Waals surface area contributed by atoms with Crippen LogP contribution >= 0.6 is 0 Å². The van der Waals surface area contributed by atoms with Crippen molar-refractivity contribution in [2.75, 3.05) is 32.0 Å². The number of hydrogen-bond donors (Lipinski definition) is 1. The summed E-state index contributed by atoms with van der Waals surface area (Å²) >= 11 is 0. The molecule has 2 amide bonds. The van der Waals surface area contributed by atoms with Gasteiger partial charge < -0.3 is 19.5 Å². The molecule has 1 saturated heterocycles. The molecule has 0 unspecified atom stereocenters. The number of likely N-dealkylation sites (tertiary alicyclic amines) is 1. The number of benzene rings is 1. The summed E-state index contributed by atoms with van der Waals surface area (Å²) in [4.78, 5) is 38.1. The highest BCUT2D eigenvalue weighted by Crippen LogP contribution is 2.27. The van der Waals surface area contributed by atoms with E-state index in [1.807, 2.05) is 4.90 Å². The molecule has 2 aromatic rings. The summed E-state index contributed by atoms with van der Waals surface area (Å²) in [6.07, 6.45) is 3.33. The SMILES string of the molecule is CCOC(=O)CNC(=O)CS(=O)(=O)c1cn(CC(=O)N2CCC(C)CC2)c2ccccc12. The molecule has 1 N–H and O–H groups in total. The summed E-state index contributed by atoms with van der Waals surface area (Å²) < 4.78 is 32.3. The van der Waals surface area contributed by atoms with Crippen LogP contribution in [0.25, 0.3) is 10.9 Å². The zero-order chi connectivity index (χ0) is 23.3. The molecule has 2 heterocycles. The molecule has 0 radical (unpaired) electrons. The number of fused-ring (bicyclic) bond motifs is 1. The maximum Gasteiger partial charge on any atom is 0.325 e. The van der Waals surface area contributed by atoms with Crippen LogP contribution in [0.2, 0.25) is 0 Å². The van der Waals surface area contributed by atoms with E-state index >= 15 is 0 Å². The lowest BCUT2D eigenvalue weighted by Crippen LogP contribution is -2.39. The van der Waals surface area contributed by atoms with Crippen LogP contribution in [0, 0.1) is 5.92 Å². The monoisotopic (exact) mass is 463 g/mol. The topological polar surface area (TPSA) is 115 Å². The molecular weight excluding hydrogens is 434 g/mol. The third kappa shape index (κ3) is 5.67. The number of piperidine rings is 1. The molecule has 0 spiro atoms. The fraction of sp³-hybridized carbons (Fsp3) is 0.500. The van der Waals surface area contributed by atoms with E-state index in [1.165, 1.54) is 6.20 Å². The number of ether oxygens (including phenoxy) is 1. The van der Waals surface area contributed by atoms with Gasteiger partial charge in [0, 0.05) is 30.2 Å². The molecule has 0 atom stereocenters. The van der Waals surface area contributed by atoms with Gasteiger partial charge in [0.1, 0.15) is 18.8 Å². The minimum Gasteiger partial charge on any atom is -0.465 e. The van der Waals surface area contributed by atoms with Gasteiger partial charge in [-0.15, -0.1) is 0 Å². The number of rotatable bonds is 8. The smallest absolute Gasteiger partial charge is 0.325 e. The van der Waals surface area contributed by atoms with Gasteiger partial charge in [-0.25, -0.2) is 8.42 Å². The molecule has 0 bridgehead atoms. The number of hydrogen-bond acceptors (Lipinski definition) is 6. The van der Waals surface area contributed by atoms with E-state index in [4.69, 9.17) is 4.74 Å². The summed E-state index contributed by atoms with van der Waals surface area (Å²) in [5.74, 6) is -1.71. The predicted octanol–water partition coefficient (Wildman–Crippen LogP) is 1.35. The first-order valence-corrected chi connectivity index (χ1v) is 12.4. The summed E-state index contributed by atoms with van der Waals surface area (Å²) in [6, 6.07) is 6.89. The van der Waals surface area contributed by atoms with Crippen molar-refractivity contribution in [3.8, 4) is 0 Å². The van der Waals surface area contributed by atoms with Gasteiger partial charge in [0.2, 0.25) is 11.8 Å². The first kappa shape index (κ1) is 23.8. The van der Waals surface area contributed by atoms with Gasteiger partial charge in [-0.3, -0.25) is 14.4 Å². The van der Waals surface area contributed by atoms with Gasteiger partial charge in [0.25, 0.3) is 0 Å². The molecule has 3 rings (SSSR count). The van der Waals surface area contributed by atoms with Crippen molar-refractivity contribution in [2.45, 2.75) is 38.1 Å². The summed E-state index contributed by atoms with van der Waals surface area (Å²) in [7, 11) is -4.00. The Kier molecular flexibility index (Phi) is 7.55. The van der Waals surface area contributed by atoms with Gasteiger partial charge in [-0.2, -0.15) is 0 Å². The lowest BCUT2D eigenvalue weighted by atomic mass is 9.99. The molecule has 174 valence electrons. The third-order valence-corrected chi connectivity index (χ3v) is 7.22. The highest BCUT2D eigenvalue weighted by Gasteiger charge is 2.26. The Balaban J connectivity index is 1.77. The molecule has 10 heteroatoms. The number of carbonyl (C=O) groups is 3. The van der Waals surface area contributed by atoms with Gasteiger partial charge in [-0.1, -0.05) is 25.1 Å². The maximum absolute atomic E-state index is 13.0. The highest BCUT2D eigenvalue weighted by molar-refractivity contribution is 7.92. The molecule has 0 saturated carbocycles. The summed E-state index contributed by atoms with van der Waals surface area (Å²) in [5.41, 5.74) is 0.608. The Labute approximate surface area is 187 Å². The second-order valence-electron chi connectivity index (χ2n) is 8.04. The normalized spacial score (nSPS) is 15.0. The van der Waals surface area contributed by atoms with Crippen LogP contribution in [0.4, 0.5) is 0 Å². The van der Waals surface area contributed by atoms with Gasteiger partial charge in [0.05, 0.1) is 11.5 Å². The lowest BCUT2D eigenvalue weighted by molar-refractivity contribution is -0.143. The fourth-order valence-corrected chi connectivity index (χ4v) is 5.18. The quantitative estimate of drug-likeness (QED) is 0.591. The largest absolute Gasteiger partial charge is 0.465 e. The van der Waals surface area contributed by atoms with E-state index in [2.05, 4.69) is 12.2 Å². The minimum atomic E-state index is -4.00. The first-order valence-electron chi connectivity index (χ1n) is 10.7. The van der Waals surface area contributed by atoms with Crippen molar-refractivity contribution < 1.29 is 27.5 Å². The average molecular weight is 464 g/mol. The van der Waals surface area contributed by atoms with E-state index in [1.54, 1.807) is 35.8 Å². The van der Waals surface area contributed by atoms with Crippen molar-refractivity contribution >= 4 is 38.5 Å². The van der Waals surface area contributed by atoms with E-state index in [-0.39, 0.29) is 24.0 Å². The van der Waals surface area contributed by atoms with Gasteiger partial charge >= 0.3 is 5.97 Å². The summed E-state index contributed by atoms with van der Waals surface area (Å²) in [6.45, 7) is 5.00. The molecule has 1 aromatic heterocycles. The van der Waals surface area contributed by atoms with Crippen molar-refractivity contribution in [3.05, 3.63) is 30.5 Å². The van der Waals surface area contributed by atoms with Crippen LogP contribution in [0.3, 0.4) is 0 Å². The zero-order valence-electron chi connectivity index (χ0n) is 18.4. The number of nitrogens with zero attached hydrogens (tertiary/aromatic N) is 2. The van der Waals surface area contributed by atoms with Crippen LogP contribution < -0.4 is 5.32 Å². The maximum atomic E-state index is 13.0. The van der Waals surface area contributed by atoms with Crippen molar-refractivity contribution in [1.29, 1.82) is 0 Å². The fourth-order valence-electron chi connectivity index (χ4n) is 3.78. The van der Waals surface area contributed by atoms with Crippen molar-refractivity contribution in [3.63, 3.8) is 0 Å². The van der Waals surface area contributed by atoms with E-state index in [0.717, 1.165) is 12.8 Å². The number of amides is 2. The molecule has 1 aromatic carbocycles. The van der Waals surface area contributed by atoms with E-state index in [0.29, 0.717) is 29.9 Å². The number of esters is 1. The van der Waals surface area contributed by atoms with Crippen molar-refractivity contribution in [1.82, 2.24) is 14.8 Å². The molecular formula is C22H29N3O6S. The molecule has 9 nitrogen and oxygen atoms in total. The lowest BCUT2D eigenvalue weighted by Gasteiger charge is -2.30. The Morgan fingerprint density at radius 1 is 1.16 bits per heavy atom. The second kappa shape index (κ2) is 10.2. The number of nitrogens with one attached hydrogen (secondary N) is 1. The standard InChI is InChI=1S/C22H29N3O6S/c1-3-31-22(28)12-23-20(26)15-32(29,30)19-13-25(18-7-5-4-6-17(18)19)14-21(27)24-10-8-16(2)9-11-24/h4-7,13,16H,3,8-12,14-15H2,1-2H3,(H,23,26). The van der Waals surface area contributed by atoms with Crippen LogP contribution in [-0.2, 0) is 35.5 Å². The second-order valence-corrected chi connectivity index (χ2v) is 10.0. The van der Waals surface area contributed by atoms with Crippen molar-refractivity contribution in [2.24, 2.45) is 5.92 Å². The molecule has 1 aliphatic rings. The Morgan fingerprint density at radius 2 is 1.84 bits per heavy atom. The number of carbonyl (C=O) groups excluding carboxylic acids is 3. The molecule has 0 aliphatic carbocycles. The Hall–Kier alpha value is -2.88. The Bertz CT molecular complexity index is 1100. The van der Waals surface area contributed by atoms with Crippen LogP contribution in [0.5, 0.6) is 0 Å². The van der Waals surface area contributed by atoms with Gasteiger partial charge in [0.15, 0.2) is 9.84 Å². The first-order chi connectivity index (χ1) is 15.2. The Morgan fingerprint density at radius 3 is 2.53 bits per heavy atom. The van der Waals surface area contributed by atoms with Crippen LogP contribution in [0.15, 0.2) is 35.4 Å². The van der Waals surface area contributed by atoms with Crippen LogP contribution in [0.1, 0.15) is 26.7 Å². The zero-order valence-corrected chi connectivity index (χ0v) is 19.2. The minimum absolute atomic E-state index is 0.0144. The van der Waals surface area contributed by atoms with Gasteiger partial charge in [-0.05, 0) is 31.7 Å². The van der Waals surface area contributed by atoms with Crippen LogP contribution in [-0.4, -0.2) is 67.7 Å². The third-order valence-electron chi connectivity index (χ3n) is 5.59. The molecule has 32 heavy (non-hydrogen) atoms. The molecule has 1 fully saturated rings. The summed E-state index contributed by atoms with van der Waals surface area (Å²) in [5, 5.41) is 2.72. The number of sulfone groups is 1. The molecule has 1 aliphatic heterocycles. The van der Waals surface area contributed by atoms with E-state index < -0.39 is 34.0 Å². The predicted molar refractivity (Wildman–Crippen MR) is 119 cm³/mol. The average Bonchev–Trinajstić information content (AvgIpc) is 3.12. The number of para-hydroxylation sites is 1. The highest BCUT2D eigenvalue weighted by atomic mass is 32.2. The van der Waals surface area contributed by atoms with E-state index in [9.17, 15) is 22.8 Å². The number of aromatic nitrogens is 1.